The number of carbonyl (C=O) groups is 1. The standard InChI is InChI=1S/C14H14ClN3O2/c1-7-5-9(13(17)19)6-8(2)12(7)20-14-10(16)3-4-11(15)18-14/h3-6H,16H2,1-2H3,(H2,17,19). The highest BCUT2D eigenvalue weighted by atomic mass is 35.5. The third-order valence-corrected chi connectivity index (χ3v) is 3.01. The second-order valence-corrected chi connectivity index (χ2v) is 4.82. The van der Waals surface area contributed by atoms with Gasteiger partial charge in [-0.05, 0) is 49.2 Å². The number of primary amides is 1. The molecule has 6 heteroatoms. The fourth-order valence-electron chi connectivity index (χ4n) is 1.86. The zero-order chi connectivity index (χ0) is 14.9. The third-order valence-electron chi connectivity index (χ3n) is 2.80. The van der Waals surface area contributed by atoms with Crippen molar-refractivity contribution in [3.8, 4) is 11.6 Å². The van der Waals surface area contributed by atoms with Gasteiger partial charge < -0.3 is 16.2 Å². The molecule has 0 saturated carbocycles. The van der Waals surface area contributed by atoms with Crippen molar-refractivity contribution in [2.45, 2.75) is 13.8 Å². The Morgan fingerprint density at radius 2 is 1.85 bits per heavy atom. The number of nitrogens with two attached hydrogens (primary N) is 2. The first-order chi connectivity index (χ1) is 9.38. The molecular formula is C14H14ClN3O2. The molecule has 0 aliphatic rings. The van der Waals surface area contributed by atoms with Crippen LogP contribution in [0.4, 0.5) is 5.69 Å². The van der Waals surface area contributed by atoms with Gasteiger partial charge in [-0.3, -0.25) is 4.79 Å². The van der Waals surface area contributed by atoms with E-state index in [1.165, 1.54) is 0 Å². The Hall–Kier alpha value is -2.27. The number of hydrogen-bond acceptors (Lipinski definition) is 4. The Bertz CT molecular complexity index is 663. The summed E-state index contributed by atoms with van der Waals surface area (Å²) in [5.41, 5.74) is 13.4. The molecular weight excluding hydrogens is 278 g/mol. The molecule has 0 spiro atoms. The summed E-state index contributed by atoms with van der Waals surface area (Å²) in [6.45, 7) is 3.63. The van der Waals surface area contributed by atoms with Crippen LogP contribution in [0.2, 0.25) is 5.15 Å². The number of aromatic nitrogens is 1. The maximum absolute atomic E-state index is 11.2. The normalized spacial score (nSPS) is 10.3. The van der Waals surface area contributed by atoms with Crippen molar-refractivity contribution >= 4 is 23.2 Å². The summed E-state index contributed by atoms with van der Waals surface area (Å²) in [7, 11) is 0. The molecule has 0 aliphatic heterocycles. The Balaban J connectivity index is 2.44. The number of hydrogen-bond donors (Lipinski definition) is 2. The fraction of sp³-hybridized carbons (Fsp3) is 0.143. The first kappa shape index (κ1) is 14.1. The predicted octanol–water partition coefficient (Wildman–Crippen LogP) is 2.83. The number of amides is 1. The average Bonchev–Trinajstić information content (AvgIpc) is 2.37. The monoisotopic (exact) mass is 291 g/mol. The topological polar surface area (TPSA) is 91.2 Å². The minimum atomic E-state index is -0.483. The Morgan fingerprint density at radius 3 is 2.40 bits per heavy atom. The van der Waals surface area contributed by atoms with Crippen LogP contribution in [0.15, 0.2) is 24.3 Å². The van der Waals surface area contributed by atoms with Gasteiger partial charge in [-0.25, -0.2) is 0 Å². The van der Waals surface area contributed by atoms with Gasteiger partial charge in [0.1, 0.15) is 10.9 Å². The number of benzene rings is 1. The number of carbonyl (C=O) groups excluding carboxylic acids is 1. The molecule has 1 aromatic carbocycles. The fourth-order valence-corrected chi connectivity index (χ4v) is 2.00. The molecule has 1 heterocycles. The van der Waals surface area contributed by atoms with E-state index in [2.05, 4.69) is 4.98 Å². The molecule has 1 amide bonds. The van der Waals surface area contributed by atoms with Crippen LogP contribution >= 0.6 is 11.6 Å². The maximum atomic E-state index is 11.2. The lowest BCUT2D eigenvalue weighted by molar-refractivity contribution is 0.1000. The molecule has 0 saturated heterocycles. The molecule has 104 valence electrons. The van der Waals surface area contributed by atoms with Crippen molar-refractivity contribution in [3.63, 3.8) is 0 Å². The minimum absolute atomic E-state index is 0.232. The van der Waals surface area contributed by atoms with Crippen LogP contribution in [0.25, 0.3) is 0 Å². The molecule has 20 heavy (non-hydrogen) atoms. The van der Waals surface area contributed by atoms with E-state index < -0.39 is 5.91 Å². The first-order valence-electron chi connectivity index (χ1n) is 5.89. The van der Waals surface area contributed by atoms with Gasteiger partial charge in [-0.15, -0.1) is 0 Å². The highest BCUT2D eigenvalue weighted by molar-refractivity contribution is 6.29. The molecule has 0 unspecified atom stereocenters. The van der Waals surface area contributed by atoms with Gasteiger partial charge in [-0.2, -0.15) is 4.98 Å². The van der Waals surface area contributed by atoms with Crippen LogP contribution in [0.3, 0.4) is 0 Å². The van der Waals surface area contributed by atoms with Gasteiger partial charge in [-0.1, -0.05) is 11.6 Å². The van der Waals surface area contributed by atoms with Crippen LogP contribution in [0, 0.1) is 13.8 Å². The molecule has 1 aromatic heterocycles. The summed E-state index contributed by atoms with van der Waals surface area (Å²) in [5, 5.41) is 0.290. The zero-order valence-electron chi connectivity index (χ0n) is 11.1. The van der Waals surface area contributed by atoms with Gasteiger partial charge in [0.05, 0.1) is 5.69 Å². The average molecular weight is 292 g/mol. The van der Waals surface area contributed by atoms with Crippen LogP contribution in [0.1, 0.15) is 21.5 Å². The van der Waals surface area contributed by atoms with E-state index in [-0.39, 0.29) is 5.88 Å². The van der Waals surface area contributed by atoms with Gasteiger partial charge in [0.25, 0.3) is 0 Å². The molecule has 5 nitrogen and oxygen atoms in total. The van der Waals surface area contributed by atoms with Crippen LogP contribution in [-0.2, 0) is 0 Å². The van der Waals surface area contributed by atoms with Crippen LogP contribution in [0.5, 0.6) is 11.6 Å². The number of rotatable bonds is 3. The molecule has 0 aliphatic carbocycles. The number of nitrogens with zero attached hydrogens (tertiary/aromatic N) is 1. The smallest absolute Gasteiger partial charge is 0.248 e. The quantitative estimate of drug-likeness (QED) is 0.851. The molecule has 0 bridgehead atoms. The summed E-state index contributed by atoms with van der Waals surface area (Å²) in [6.07, 6.45) is 0. The minimum Gasteiger partial charge on any atom is -0.436 e. The highest BCUT2D eigenvalue weighted by Crippen LogP contribution is 2.32. The number of pyridine rings is 1. The molecule has 2 rings (SSSR count). The summed E-state index contributed by atoms with van der Waals surface area (Å²) in [5.74, 6) is 0.329. The van der Waals surface area contributed by atoms with Crippen molar-refractivity contribution in [3.05, 3.63) is 46.1 Å². The molecule has 0 fully saturated rings. The Kier molecular flexibility index (Phi) is 3.81. The second-order valence-electron chi connectivity index (χ2n) is 4.43. The third kappa shape index (κ3) is 2.83. The van der Waals surface area contributed by atoms with E-state index in [1.807, 2.05) is 13.8 Å². The van der Waals surface area contributed by atoms with Crippen molar-refractivity contribution in [1.29, 1.82) is 0 Å². The lowest BCUT2D eigenvalue weighted by atomic mass is 10.1. The Morgan fingerprint density at radius 1 is 1.25 bits per heavy atom. The van der Waals surface area contributed by atoms with Gasteiger partial charge in [0, 0.05) is 5.56 Å². The largest absolute Gasteiger partial charge is 0.436 e. The predicted molar refractivity (Wildman–Crippen MR) is 78.2 cm³/mol. The van der Waals surface area contributed by atoms with Crippen molar-refractivity contribution in [2.75, 3.05) is 5.73 Å². The molecule has 2 aromatic rings. The number of anilines is 1. The zero-order valence-corrected chi connectivity index (χ0v) is 11.9. The number of nitrogen functional groups attached to an aromatic ring is 1. The summed E-state index contributed by atoms with van der Waals surface area (Å²) in [6, 6.07) is 6.52. The van der Waals surface area contributed by atoms with Gasteiger partial charge in [0.15, 0.2) is 0 Å². The van der Waals surface area contributed by atoms with E-state index in [0.717, 1.165) is 11.1 Å². The second kappa shape index (κ2) is 5.38. The van der Waals surface area contributed by atoms with Crippen LogP contribution in [-0.4, -0.2) is 10.9 Å². The highest BCUT2D eigenvalue weighted by Gasteiger charge is 2.12. The van der Waals surface area contributed by atoms with E-state index in [0.29, 0.717) is 22.2 Å². The van der Waals surface area contributed by atoms with E-state index in [9.17, 15) is 4.79 Å². The van der Waals surface area contributed by atoms with E-state index >= 15 is 0 Å². The van der Waals surface area contributed by atoms with Crippen molar-refractivity contribution < 1.29 is 9.53 Å². The van der Waals surface area contributed by atoms with Gasteiger partial charge in [0.2, 0.25) is 11.8 Å². The summed E-state index contributed by atoms with van der Waals surface area (Å²) >= 11 is 5.82. The van der Waals surface area contributed by atoms with Gasteiger partial charge >= 0.3 is 0 Å². The number of ether oxygens (including phenoxy) is 1. The molecule has 4 N–H and O–H groups in total. The summed E-state index contributed by atoms with van der Waals surface area (Å²) < 4.78 is 5.71. The lowest BCUT2D eigenvalue weighted by Crippen LogP contribution is -2.11. The Labute approximate surface area is 121 Å². The molecule has 0 radical (unpaired) electrons. The van der Waals surface area contributed by atoms with E-state index in [4.69, 9.17) is 27.8 Å². The van der Waals surface area contributed by atoms with Crippen molar-refractivity contribution in [1.82, 2.24) is 4.98 Å². The van der Waals surface area contributed by atoms with Crippen LogP contribution < -0.4 is 16.2 Å². The number of halogens is 1. The van der Waals surface area contributed by atoms with Crippen molar-refractivity contribution in [2.24, 2.45) is 5.73 Å². The summed E-state index contributed by atoms with van der Waals surface area (Å²) in [4.78, 5) is 15.2. The number of aryl methyl sites for hydroxylation is 2. The first-order valence-corrected chi connectivity index (χ1v) is 6.27. The lowest BCUT2D eigenvalue weighted by Gasteiger charge is -2.13. The van der Waals surface area contributed by atoms with E-state index in [1.54, 1.807) is 24.3 Å². The SMILES string of the molecule is Cc1cc(C(N)=O)cc(C)c1Oc1nc(Cl)ccc1N. The molecule has 0 atom stereocenters. The maximum Gasteiger partial charge on any atom is 0.248 e.